The first kappa shape index (κ1) is 60.1. The molecule has 0 saturated carbocycles. The first-order chi connectivity index (χ1) is 32.1. The fraction of sp³-hybridized carbons (Fsp3) is 0.300. The molecule has 4 aromatic heterocycles. The summed E-state index contributed by atoms with van der Waals surface area (Å²) in [5.41, 5.74) is -0.616. The number of nitrogens with zero attached hydrogens (tertiary/aromatic N) is 5. The average molecular weight is 860 g/mol. The maximum Gasteiger partial charge on any atom is 0.340 e. The van der Waals surface area contributed by atoms with E-state index in [1.807, 2.05) is 29.2 Å². The molecule has 5 N–H and O–H groups in total. The van der Waals surface area contributed by atoms with Gasteiger partial charge in [-0.3, -0.25) is 9.97 Å². The van der Waals surface area contributed by atoms with Crippen LogP contribution in [0.3, 0.4) is 0 Å². The normalized spacial score (nSPS) is 11.5. The summed E-state index contributed by atoms with van der Waals surface area (Å²) in [6.45, 7) is 3.42. The van der Waals surface area contributed by atoms with Crippen molar-refractivity contribution in [3.05, 3.63) is 69.3 Å². The van der Waals surface area contributed by atoms with Gasteiger partial charge in [-0.25, -0.2) is 29.8 Å². The summed E-state index contributed by atoms with van der Waals surface area (Å²) < 4.78 is 10.8. The quantitative estimate of drug-likeness (QED) is 0.0477. The third-order valence-electron chi connectivity index (χ3n) is 11.1. The zero-order chi connectivity index (χ0) is 50.8. The molecule has 283 valence electrons. The monoisotopic (exact) mass is 865 g/mol. The molecule has 14 nitrogen and oxygen atoms in total. The molecular formula is C20H23B33ClN10O4. The third-order valence-corrected chi connectivity index (χ3v) is 11.4. The van der Waals surface area contributed by atoms with Gasteiger partial charge in [-0.2, -0.15) is 10.2 Å². The van der Waals surface area contributed by atoms with Gasteiger partial charge in [0.05, 0.1) is 25.5 Å². The Morgan fingerprint density at radius 1 is 0.603 bits per heavy atom. The zero-order valence-electron chi connectivity index (χ0n) is 37.5. The van der Waals surface area contributed by atoms with Crippen LogP contribution in [0.2, 0.25) is 0 Å². The van der Waals surface area contributed by atoms with Gasteiger partial charge < -0.3 is 19.7 Å². The van der Waals surface area contributed by atoms with E-state index in [9.17, 15) is 9.59 Å². The van der Waals surface area contributed by atoms with Crippen LogP contribution in [0.1, 0.15) is 11.6 Å². The zero-order valence-corrected chi connectivity index (χ0v) is 38.3. The van der Waals surface area contributed by atoms with E-state index in [1.54, 1.807) is 12.4 Å². The molecule has 0 amide bonds. The molecule has 2 aliphatic rings. The number of hydrogen-bond donors (Lipinski definition) is 5. The highest BCUT2D eigenvalue weighted by Crippen LogP contribution is 2.29. The van der Waals surface area contributed by atoms with E-state index in [0.717, 1.165) is 42.8 Å². The SMILES string of the molecule is O=c1[nH]nc(CCl)[nH]1.O=c1[nH]nc(CN2CCOc3cccnc32)[nH]1.[B][B]B(B([B])[B])B(B([B])[B])B(B(B([B])[B])B([B])[B])B(B(B([B])[B])B([B])[B])B(B([B])[B])B([B])[B].c1cnc2c(c1)OCCN2. The summed E-state index contributed by atoms with van der Waals surface area (Å²) in [7, 11) is 105. The lowest BCUT2D eigenvalue weighted by Crippen LogP contribution is -2.89. The molecule has 0 fully saturated rings. The van der Waals surface area contributed by atoms with Gasteiger partial charge in [0.2, 0.25) is 0 Å². The Balaban J connectivity index is 0.000000282. The number of rotatable bonds is 18. The minimum absolute atomic E-state index is 0.235. The number of H-pyrrole nitrogens is 4. The van der Waals surface area contributed by atoms with Gasteiger partial charge >= 0.3 is 11.4 Å². The van der Waals surface area contributed by atoms with Crippen LogP contribution in [-0.2, 0) is 12.4 Å². The molecule has 4 aromatic rings. The molecular weight excluding hydrogens is 837 g/mol. The molecule has 6 heterocycles. The number of nitrogens with one attached hydrogen (secondary N) is 5. The molecule has 0 unspecified atom stereocenters. The fourth-order valence-electron chi connectivity index (χ4n) is 8.29. The number of anilines is 2. The number of aromatic nitrogens is 8. The predicted molar refractivity (Wildman–Crippen MR) is 317 cm³/mol. The van der Waals surface area contributed by atoms with Crippen LogP contribution in [0.5, 0.6) is 11.5 Å². The molecule has 2 aliphatic heterocycles. The van der Waals surface area contributed by atoms with Crippen molar-refractivity contribution in [2.24, 2.45) is 0 Å². The minimum atomic E-state index is -1.10. The lowest BCUT2D eigenvalue weighted by Gasteiger charge is -2.51. The van der Waals surface area contributed by atoms with Crippen molar-refractivity contribution in [2.45, 2.75) is 12.4 Å². The van der Waals surface area contributed by atoms with Crippen LogP contribution in [0.4, 0.5) is 11.6 Å². The molecule has 0 aliphatic carbocycles. The summed E-state index contributed by atoms with van der Waals surface area (Å²) in [6, 6.07) is 7.49. The van der Waals surface area contributed by atoms with Gasteiger partial charge in [0.1, 0.15) is 24.9 Å². The highest BCUT2D eigenvalue weighted by Gasteiger charge is 2.53. The van der Waals surface area contributed by atoms with Crippen molar-refractivity contribution in [1.29, 1.82) is 0 Å². The summed E-state index contributed by atoms with van der Waals surface area (Å²) in [5, 5.41) is 15.0. The molecule has 68 heavy (non-hydrogen) atoms. The fourth-order valence-corrected chi connectivity index (χ4v) is 8.42. The van der Waals surface area contributed by atoms with Gasteiger partial charge in [0.25, 0.3) is 0 Å². The van der Waals surface area contributed by atoms with Crippen LogP contribution < -0.4 is 31.1 Å². The topological polar surface area (TPSA) is 183 Å². The van der Waals surface area contributed by atoms with Crippen molar-refractivity contribution in [3.63, 3.8) is 0 Å². The molecule has 0 atom stereocenters. The lowest BCUT2D eigenvalue weighted by atomic mass is 8.30. The molecule has 0 saturated heterocycles. The van der Waals surface area contributed by atoms with Gasteiger partial charge in [0.15, 0.2) is 23.1 Å². The van der Waals surface area contributed by atoms with E-state index >= 15 is 0 Å². The lowest BCUT2D eigenvalue weighted by molar-refractivity contribution is 0.304. The summed E-state index contributed by atoms with van der Waals surface area (Å²) in [5.74, 6) is 4.55. The highest BCUT2D eigenvalue weighted by molar-refractivity contribution is 8.29. The second kappa shape index (κ2) is 30.0. The Labute approximate surface area is 434 Å². The first-order valence-corrected chi connectivity index (χ1v) is 21.8. The van der Waals surface area contributed by atoms with Crippen molar-refractivity contribution >= 4 is 258 Å². The summed E-state index contributed by atoms with van der Waals surface area (Å²) in [6.07, 6.45) is -11.3. The first-order valence-electron chi connectivity index (χ1n) is 21.3. The second-order valence-corrected chi connectivity index (χ2v) is 16.2. The number of hydrogen-bond acceptors (Lipinski definition) is 10. The largest absolute Gasteiger partial charge is 0.488 e. The van der Waals surface area contributed by atoms with Gasteiger partial charge in [-0.1, -0.05) is 0 Å². The van der Waals surface area contributed by atoms with Crippen LogP contribution >= 0.6 is 11.6 Å². The third kappa shape index (κ3) is 17.8. The van der Waals surface area contributed by atoms with Crippen LogP contribution in [0.15, 0.2) is 46.2 Å². The molecule has 35 radical (unpaired) electrons. The van der Waals surface area contributed by atoms with Crippen molar-refractivity contribution in [2.75, 3.05) is 36.5 Å². The Kier molecular flexibility index (Phi) is 26.5. The number of ether oxygens (including phenoxy) is 2. The number of alkyl halides is 1. The molecule has 48 heteroatoms. The summed E-state index contributed by atoms with van der Waals surface area (Å²) >= 11 is 5.29. The maximum absolute atomic E-state index is 10.9. The van der Waals surface area contributed by atoms with Crippen LogP contribution in [0.25, 0.3) is 0 Å². The van der Waals surface area contributed by atoms with Crippen molar-refractivity contribution in [1.82, 2.24) is 40.3 Å². The Morgan fingerprint density at radius 2 is 1.06 bits per heavy atom. The summed E-state index contributed by atoms with van der Waals surface area (Å²) in [4.78, 5) is 36.5. The van der Waals surface area contributed by atoms with E-state index in [2.05, 4.69) is 45.6 Å². The highest BCUT2D eigenvalue weighted by atomic mass is 35.5. The van der Waals surface area contributed by atoms with E-state index in [1.165, 1.54) is 7.06 Å². The number of pyridine rings is 2. The smallest absolute Gasteiger partial charge is 0.340 e. The minimum Gasteiger partial charge on any atom is -0.488 e. The maximum atomic E-state index is 10.9. The Morgan fingerprint density at radius 3 is 1.47 bits per heavy atom. The van der Waals surface area contributed by atoms with Crippen LogP contribution in [0, 0.1) is 0 Å². The van der Waals surface area contributed by atoms with Gasteiger partial charge in [0, 0.05) is 247 Å². The van der Waals surface area contributed by atoms with Gasteiger partial charge in [-0.05, 0) is 24.3 Å². The molecule has 0 bridgehead atoms. The number of aromatic amines is 4. The molecule has 0 spiro atoms. The molecule has 0 aromatic carbocycles. The average Bonchev–Trinajstić information content (AvgIpc) is 3.90. The Hall–Kier alpha value is -2.19. The predicted octanol–water partition coefficient (Wildman–Crippen LogP) is -12.0. The van der Waals surface area contributed by atoms with Gasteiger partial charge in [-0.15, -0.1) is 11.6 Å². The van der Waals surface area contributed by atoms with Crippen molar-refractivity contribution < 1.29 is 9.47 Å². The molecule has 6 rings (SSSR count). The van der Waals surface area contributed by atoms with E-state index < -0.39 is 95.8 Å². The Bertz CT molecular complexity index is 2090. The standard InChI is InChI=1S/C10H11N5O2.C7H8N2O.C3H4ClN3O.B33/c16-10-12-8(13-14-10)6-15-4-5-17-7-2-1-3-11-9(7)15;1-2-6-7(8-3-1)9-4-5-10-6;4-1-2-5-3(8)7-6-2;1-18-27(19(2)3)31(26(16)17)33(30(24(12)13)25(14)15)32(28(20(4)5)21(6)7)29(22(8)9)23(10)11/h1-3H,4-6H2,(H2,12,13,14,16);1-3H,4-5H2,(H,8,9);1H2,(H2,5,6,7,8);. The van der Waals surface area contributed by atoms with Crippen molar-refractivity contribution in [3.8, 4) is 11.5 Å². The number of halogens is 1. The second-order valence-electron chi connectivity index (χ2n) is 16.0. The number of fused-ring (bicyclic) bond motifs is 2. The van der Waals surface area contributed by atoms with E-state index in [-0.39, 0.29) is 17.3 Å². The van der Waals surface area contributed by atoms with E-state index in [0.29, 0.717) is 24.8 Å². The van der Waals surface area contributed by atoms with E-state index in [4.69, 9.17) is 153 Å². The van der Waals surface area contributed by atoms with Crippen LogP contribution in [-0.4, -0.2) is 301 Å².